The van der Waals surface area contributed by atoms with Gasteiger partial charge in [-0.2, -0.15) is 5.10 Å². The number of hydrogen-bond acceptors (Lipinski definition) is 3. The fourth-order valence-electron chi connectivity index (χ4n) is 2.38. The van der Waals surface area contributed by atoms with E-state index in [0.29, 0.717) is 0 Å². The fraction of sp³-hybridized carbons (Fsp3) is 0.438. The predicted octanol–water partition coefficient (Wildman–Crippen LogP) is 3.21. The van der Waals surface area contributed by atoms with E-state index in [2.05, 4.69) is 35.4 Å². The molecular weight excluding hydrogens is 284 g/mol. The first-order chi connectivity index (χ1) is 10.1. The lowest BCUT2D eigenvalue weighted by Gasteiger charge is -2.22. The molecule has 0 fully saturated rings. The molecule has 0 bridgehead atoms. The summed E-state index contributed by atoms with van der Waals surface area (Å²) in [6.45, 7) is 4.84. The van der Waals surface area contributed by atoms with Gasteiger partial charge >= 0.3 is 0 Å². The summed E-state index contributed by atoms with van der Waals surface area (Å²) in [5.41, 5.74) is 3.62. The SMILES string of the molecule is CCCNCc1cc(Cl)ccc1N(C)Cc1cnn(C)c1. The van der Waals surface area contributed by atoms with Crippen LogP contribution in [0.1, 0.15) is 24.5 Å². The number of nitrogens with one attached hydrogen (secondary N) is 1. The molecule has 0 unspecified atom stereocenters. The molecule has 0 aliphatic rings. The number of hydrogen-bond donors (Lipinski definition) is 1. The highest BCUT2D eigenvalue weighted by Gasteiger charge is 2.09. The number of benzene rings is 1. The van der Waals surface area contributed by atoms with E-state index in [4.69, 9.17) is 11.6 Å². The van der Waals surface area contributed by atoms with Crippen molar-refractivity contribution in [2.24, 2.45) is 7.05 Å². The molecule has 114 valence electrons. The molecule has 0 amide bonds. The van der Waals surface area contributed by atoms with Crippen molar-refractivity contribution in [3.05, 3.63) is 46.7 Å². The largest absolute Gasteiger partial charge is 0.370 e. The van der Waals surface area contributed by atoms with Crippen molar-refractivity contribution in [1.82, 2.24) is 15.1 Å². The Hall–Kier alpha value is -1.52. The van der Waals surface area contributed by atoms with Crippen LogP contribution in [0, 0.1) is 0 Å². The Bertz CT molecular complexity index is 579. The third kappa shape index (κ3) is 4.48. The summed E-state index contributed by atoms with van der Waals surface area (Å²) >= 11 is 6.14. The number of rotatable bonds is 7. The quantitative estimate of drug-likeness (QED) is 0.797. The summed E-state index contributed by atoms with van der Waals surface area (Å²) in [4.78, 5) is 2.23. The molecular formula is C16H23ClN4. The van der Waals surface area contributed by atoms with Crippen LogP contribution in [0.15, 0.2) is 30.6 Å². The summed E-state index contributed by atoms with van der Waals surface area (Å²) < 4.78 is 1.83. The number of halogens is 1. The monoisotopic (exact) mass is 306 g/mol. The third-order valence-electron chi connectivity index (χ3n) is 3.37. The summed E-state index contributed by atoms with van der Waals surface area (Å²) in [7, 11) is 4.03. The molecule has 21 heavy (non-hydrogen) atoms. The van der Waals surface area contributed by atoms with Crippen LogP contribution in [0.2, 0.25) is 5.02 Å². The summed E-state index contributed by atoms with van der Waals surface area (Å²) in [5, 5.41) is 8.44. The minimum absolute atomic E-state index is 0.779. The lowest BCUT2D eigenvalue weighted by atomic mass is 10.1. The average molecular weight is 307 g/mol. The molecule has 5 heteroatoms. The maximum absolute atomic E-state index is 6.14. The van der Waals surface area contributed by atoms with Gasteiger partial charge in [0, 0.05) is 49.7 Å². The van der Waals surface area contributed by atoms with Crippen molar-refractivity contribution in [1.29, 1.82) is 0 Å². The maximum Gasteiger partial charge on any atom is 0.0539 e. The number of aryl methyl sites for hydroxylation is 1. The zero-order valence-electron chi connectivity index (χ0n) is 12.9. The topological polar surface area (TPSA) is 33.1 Å². The van der Waals surface area contributed by atoms with E-state index in [-0.39, 0.29) is 0 Å². The van der Waals surface area contributed by atoms with E-state index >= 15 is 0 Å². The fourth-order valence-corrected chi connectivity index (χ4v) is 2.58. The van der Waals surface area contributed by atoms with Crippen LogP contribution in [-0.2, 0) is 20.1 Å². The first-order valence-corrected chi connectivity index (χ1v) is 7.65. The standard InChI is InChI=1S/C16H23ClN4/c1-4-7-18-10-14-8-15(17)5-6-16(14)20(2)11-13-9-19-21(3)12-13/h5-6,8-9,12,18H,4,7,10-11H2,1-3H3. The van der Waals surface area contributed by atoms with Gasteiger partial charge in [-0.05, 0) is 36.7 Å². The van der Waals surface area contributed by atoms with E-state index < -0.39 is 0 Å². The first kappa shape index (κ1) is 15.9. The molecule has 2 rings (SSSR count). The van der Waals surface area contributed by atoms with Crippen molar-refractivity contribution in [3.63, 3.8) is 0 Å². The Morgan fingerprint density at radius 1 is 1.38 bits per heavy atom. The number of aromatic nitrogens is 2. The smallest absolute Gasteiger partial charge is 0.0539 e. The van der Waals surface area contributed by atoms with E-state index in [1.54, 1.807) is 0 Å². The normalized spacial score (nSPS) is 10.9. The molecule has 4 nitrogen and oxygen atoms in total. The Kier molecular flexibility index (Phi) is 5.65. The van der Waals surface area contributed by atoms with E-state index in [1.807, 2.05) is 36.3 Å². The molecule has 1 aromatic carbocycles. The van der Waals surface area contributed by atoms with Gasteiger partial charge in [-0.1, -0.05) is 18.5 Å². The van der Waals surface area contributed by atoms with E-state index in [9.17, 15) is 0 Å². The van der Waals surface area contributed by atoms with Gasteiger partial charge in [0.05, 0.1) is 6.20 Å². The second-order valence-electron chi connectivity index (χ2n) is 5.33. The Balaban J connectivity index is 2.12. The van der Waals surface area contributed by atoms with Crippen molar-refractivity contribution in [2.75, 3.05) is 18.5 Å². The second-order valence-corrected chi connectivity index (χ2v) is 5.76. The molecule has 2 aromatic rings. The molecule has 0 radical (unpaired) electrons. The highest BCUT2D eigenvalue weighted by Crippen LogP contribution is 2.24. The van der Waals surface area contributed by atoms with E-state index in [0.717, 1.165) is 31.1 Å². The molecule has 0 saturated carbocycles. The van der Waals surface area contributed by atoms with Crippen LogP contribution >= 0.6 is 11.6 Å². The molecule has 1 N–H and O–H groups in total. The minimum Gasteiger partial charge on any atom is -0.370 e. The molecule has 0 aliphatic carbocycles. The minimum atomic E-state index is 0.779. The number of nitrogens with zero attached hydrogens (tertiary/aromatic N) is 3. The van der Waals surface area contributed by atoms with Crippen molar-refractivity contribution < 1.29 is 0 Å². The van der Waals surface area contributed by atoms with E-state index in [1.165, 1.54) is 16.8 Å². The van der Waals surface area contributed by atoms with Crippen LogP contribution in [0.4, 0.5) is 5.69 Å². The zero-order valence-corrected chi connectivity index (χ0v) is 13.7. The Labute approximate surface area is 131 Å². The third-order valence-corrected chi connectivity index (χ3v) is 3.61. The first-order valence-electron chi connectivity index (χ1n) is 7.28. The van der Waals surface area contributed by atoms with Crippen LogP contribution in [0.3, 0.4) is 0 Å². The van der Waals surface area contributed by atoms with Crippen LogP contribution < -0.4 is 10.2 Å². The average Bonchev–Trinajstić information content (AvgIpc) is 2.84. The van der Waals surface area contributed by atoms with Gasteiger partial charge in [0.15, 0.2) is 0 Å². The molecule has 0 atom stereocenters. The van der Waals surface area contributed by atoms with Crippen LogP contribution in [-0.4, -0.2) is 23.4 Å². The van der Waals surface area contributed by atoms with Gasteiger partial charge in [-0.25, -0.2) is 0 Å². The number of anilines is 1. The summed E-state index contributed by atoms with van der Waals surface area (Å²) in [5.74, 6) is 0. The van der Waals surface area contributed by atoms with Crippen LogP contribution in [0.5, 0.6) is 0 Å². The molecule has 0 aliphatic heterocycles. The predicted molar refractivity (Wildman–Crippen MR) is 88.8 cm³/mol. The van der Waals surface area contributed by atoms with Gasteiger partial charge in [-0.3, -0.25) is 4.68 Å². The van der Waals surface area contributed by atoms with Crippen molar-refractivity contribution in [3.8, 4) is 0 Å². The zero-order chi connectivity index (χ0) is 15.2. The Morgan fingerprint density at radius 2 is 2.19 bits per heavy atom. The highest BCUT2D eigenvalue weighted by atomic mass is 35.5. The molecule has 1 heterocycles. The maximum atomic E-state index is 6.14. The van der Waals surface area contributed by atoms with Gasteiger partial charge < -0.3 is 10.2 Å². The van der Waals surface area contributed by atoms with Gasteiger partial charge in [0.1, 0.15) is 0 Å². The van der Waals surface area contributed by atoms with Crippen molar-refractivity contribution in [2.45, 2.75) is 26.4 Å². The lowest BCUT2D eigenvalue weighted by Crippen LogP contribution is -2.21. The lowest BCUT2D eigenvalue weighted by molar-refractivity contribution is 0.673. The van der Waals surface area contributed by atoms with Gasteiger partial charge in [0.25, 0.3) is 0 Å². The van der Waals surface area contributed by atoms with Gasteiger partial charge in [0.2, 0.25) is 0 Å². The summed E-state index contributed by atoms with van der Waals surface area (Å²) in [6, 6.07) is 6.07. The highest BCUT2D eigenvalue weighted by molar-refractivity contribution is 6.30. The summed E-state index contributed by atoms with van der Waals surface area (Å²) in [6.07, 6.45) is 5.07. The van der Waals surface area contributed by atoms with Gasteiger partial charge in [-0.15, -0.1) is 0 Å². The second kappa shape index (κ2) is 7.48. The molecule has 0 spiro atoms. The van der Waals surface area contributed by atoms with Crippen molar-refractivity contribution >= 4 is 17.3 Å². The molecule has 0 saturated heterocycles. The Morgan fingerprint density at radius 3 is 2.86 bits per heavy atom. The van der Waals surface area contributed by atoms with Crippen LogP contribution in [0.25, 0.3) is 0 Å². The molecule has 1 aromatic heterocycles.